The van der Waals surface area contributed by atoms with Gasteiger partial charge in [-0.1, -0.05) is 137 Å². The summed E-state index contributed by atoms with van der Waals surface area (Å²) in [6, 6.07) is 0. The number of hydrogen-bond acceptors (Lipinski definition) is 5. The lowest BCUT2D eigenvalue weighted by atomic mass is 10.0. The van der Waals surface area contributed by atoms with Crippen molar-refractivity contribution >= 4 is 11.9 Å². The normalized spacial score (nSPS) is 11.5. The fourth-order valence-electron chi connectivity index (χ4n) is 5.94. The highest BCUT2D eigenvalue weighted by Gasteiger charge is 2.14. The average molecular weight is 624 g/mol. The Balaban J connectivity index is 3.98. The molecule has 0 unspecified atom stereocenters. The summed E-state index contributed by atoms with van der Waals surface area (Å²) in [5, 5.41) is 0. The maximum Gasteiger partial charge on any atom is 0.306 e. The van der Waals surface area contributed by atoms with Crippen molar-refractivity contribution in [2.45, 2.75) is 214 Å². The van der Waals surface area contributed by atoms with Crippen LogP contribution in [0.15, 0.2) is 0 Å². The molecule has 0 amide bonds. The number of hydrogen-bond donors (Lipinski definition) is 0. The first-order valence-electron chi connectivity index (χ1n) is 19.6. The zero-order valence-corrected chi connectivity index (χ0v) is 30.3. The van der Waals surface area contributed by atoms with Crippen molar-refractivity contribution in [2.75, 3.05) is 26.2 Å². The minimum Gasteiger partial charge on any atom is -0.466 e. The van der Waals surface area contributed by atoms with E-state index in [-0.39, 0.29) is 18.0 Å². The minimum atomic E-state index is -0.0225. The van der Waals surface area contributed by atoms with Crippen molar-refractivity contribution in [3.63, 3.8) is 0 Å². The molecule has 0 radical (unpaired) electrons. The first kappa shape index (κ1) is 42.9. The maximum atomic E-state index is 12.7. The minimum absolute atomic E-state index is 0.0225. The molecule has 0 saturated carbocycles. The van der Waals surface area contributed by atoms with Gasteiger partial charge in [0, 0.05) is 12.8 Å². The Morgan fingerprint density at radius 2 is 0.886 bits per heavy atom. The van der Waals surface area contributed by atoms with Gasteiger partial charge in [-0.2, -0.15) is 0 Å². The van der Waals surface area contributed by atoms with Crippen molar-refractivity contribution in [1.29, 1.82) is 0 Å². The third kappa shape index (κ3) is 30.9. The standard InChI is InChI=1S/C39H77NO4/c1-5-9-12-15-17-23-30-37(31-24-18-16-13-10-6-2)44-39(42)33-26-22-28-35-40(8-4)34-27-20-19-25-32-38(41)43-36-29-21-14-11-7-3/h37H,5-36H2,1-4H3. The molecular formula is C39H77NO4. The lowest BCUT2D eigenvalue weighted by molar-refractivity contribution is -0.150. The van der Waals surface area contributed by atoms with Gasteiger partial charge in [0.05, 0.1) is 6.61 Å². The van der Waals surface area contributed by atoms with E-state index in [0.717, 1.165) is 71.0 Å². The molecular weight excluding hydrogens is 546 g/mol. The smallest absolute Gasteiger partial charge is 0.306 e. The van der Waals surface area contributed by atoms with Crippen LogP contribution in [0, 0.1) is 0 Å². The van der Waals surface area contributed by atoms with Gasteiger partial charge >= 0.3 is 11.9 Å². The third-order valence-electron chi connectivity index (χ3n) is 8.98. The number of carbonyl (C=O) groups excluding carboxylic acids is 2. The molecule has 0 aliphatic rings. The highest BCUT2D eigenvalue weighted by atomic mass is 16.5. The SMILES string of the molecule is CCCCCCCCC(CCCCCCCC)OC(=O)CCCCCN(CC)CCCCCCC(=O)OCCCCCCC. The van der Waals surface area contributed by atoms with Crippen LogP contribution in [0.4, 0.5) is 0 Å². The lowest BCUT2D eigenvalue weighted by Gasteiger charge is -2.20. The van der Waals surface area contributed by atoms with Gasteiger partial charge in [0.15, 0.2) is 0 Å². The second-order valence-corrected chi connectivity index (χ2v) is 13.3. The molecule has 0 rings (SSSR count). The molecule has 5 heteroatoms. The van der Waals surface area contributed by atoms with Gasteiger partial charge in [-0.3, -0.25) is 9.59 Å². The molecule has 0 saturated heterocycles. The maximum absolute atomic E-state index is 12.7. The van der Waals surface area contributed by atoms with Gasteiger partial charge in [-0.05, 0) is 77.4 Å². The van der Waals surface area contributed by atoms with Gasteiger partial charge in [-0.25, -0.2) is 0 Å². The number of nitrogens with zero attached hydrogens (tertiary/aromatic N) is 1. The van der Waals surface area contributed by atoms with Gasteiger partial charge < -0.3 is 14.4 Å². The van der Waals surface area contributed by atoms with Gasteiger partial charge in [-0.15, -0.1) is 0 Å². The average Bonchev–Trinajstić information content (AvgIpc) is 3.02. The Bertz CT molecular complexity index is 595. The van der Waals surface area contributed by atoms with Crippen LogP contribution in [-0.2, 0) is 19.1 Å². The number of carbonyl (C=O) groups is 2. The molecule has 0 N–H and O–H groups in total. The van der Waals surface area contributed by atoms with E-state index >= 15 is 0 Å². The molecule has 0 aromatic rings. The summed E-state index contributed by atoms with van der Waals surface area (Å²) in [7, 11) is 0. The van der Waals surface area contributed by atoms with Gasteiger partial charge in [0.25, 0.3) is 0 Å². The summed E-state index contributed by atoms with van der Waals surface area (Å²) in [5.41, 5.74) is 0. The van der Waals surface area contributed by atoms with Crippen LogP contribution in [0.3, 0.4) is 0 Å². The Kier molecular flexibility index (Phi) is 33.9. The van der Waals surface area contributed by atoms with E-state index in [4.69, 9.17) is 9.47 Å². The Hall–Kier alpha value is -1.10. The number of ether oxygens (including phenoxy) is 2. The quantitative estimate of drug-likeness (QED) is 0.0519. The van der Waals surface area contributed by atoms with E-state index in [1.807, 2.05) is 0 Å². The molecule has 0 aromatic heterocycles. The number of esters is 2. The molecule has 0 aliphatic heterocycles. The zero-order chi connectivity index (χ0) is 32.4. The van der Waals surface area contributed by atoms with E-state index in [9.17, 15) is 9.59 Å². The Labute approximate surface area is 275 Å². The number of unbranched alkanes of at least 4 members (excludes halogenated alkanes) is 19. The number of rotatable bonds is 35. The monoisotopic (exact) mass is 624 g/mol. The highest BCUT2D eigenvalue weighted by Crippen LogP contribution is 2.18. The fourth-order valence-corrected chi connectivity index (χ4v) is 5.94. The topological polar surface area (TPSA) is 55.8 Å². The van der Waals surface area contributed by atoms with Gasteiger partial charge in [0.2, 0.25) is 0 Å². The largest absolute Gasteiger partial charge is 0.466 e. The molecule has 5 nitrogen and oxygen atoms in total. The van der Waals surface area contributed by atoms with Crippen molar-refractivity contribution < 1.29 is 19.1 Å². The summed E-state index contributed by atoms with van der Waals surface area (Å²) in [6.45, 7) is 12.9. The predicted molar refractivity (Wildman–Crippen MR) is 189 cm³/mol. The van der Waals surface area contributed by atoms with E-state index in [1.165, 1.54) is 116 Å². The van der Waals surface area contributed by atoms with E-state index in [2.05, 4.69) is 32.6 Å². The Morgan fingerprint density at radius 1 is 0.477 bits per heavy atom. The fraction of sp³-hybridized carbons (Fsp3) is 0.949. The van der Waals surface area contributed by atoms with Crippen molar-refractivity contribution in [2.24, 2.45) is 0 Å². The van der Waals surface area contributed by atoms with Crippen molar-refractivity contribution in [1.82, 2.24) is 4.90 Å². The van der Waals surface area contributed by atoms with Gasteiger partial charge in [0.1, 0.15) is 6.10 Å². The second kappa shape index (κ2) is 34.8. The molecule has 44 heavy (non-hydrogen) atoms. The summed E-state index contributed by atoms with van der Waals surface area (Å²) in [4.78, 5) is 27.1. The van der Waals surface area contributed by atoms with Crippen LogP contribution >= 0.6 is 0 Å². The van der Waals surface area contributed by atoms with Crippen molar-refractivity contribution in [3.05, 3.63) is 0 Å². The molecule has 0 spiro atoms. The van der Waals surface area contributed by atoms with Crippen LogP contribution in [0.5, 0.6) is 0 Å². The first-order chi connectivity index (χ1) is 21.6. The lowest BCUT2D eigenvalue weighted by Crippen LogP contribution is -2.25. The molecule has 0 fully saturated rings. The summed E-state index contributed by atoms with van der Waals surface area (Å²) in [6.07, 6.45) is 32.3. The summed E-state index contributed by atoms with van der Waals surface area (Å²) in [5.74, 6) is 0.000794. The summed E-state index contributed by atoms with van der Waals surface area (Å²) >= 11 is 0. The molecule has 0 bridgehead atoms. The molecule has 0 heterocycles. The van der Waals surface area contributed by atoms with E-state index < -0.39 is 0 Å². The Morgan fingerprint density at radius 3 is 1.41 bits per heavy atom. The van der Waals surface area contributed by atoms with Crippen LogP contribution in [-0.4, -0.2) is 49.2 Å². The predicted octanol–water partition coefficient (Wildman–Crippen LogP) is 11.7. The van der Waals surface area contributed by atoms with Crippen LogP contribution < -0.4 is 0 Å². The molecule has 0 aliphatic carbocycles. The molecule has 0 aromatic carbocycles. The second-order valence-electron chi connectivity index (χ2n) is 13.3. The molecule has 262 valence electrons. The summed E-state index contributed by atoms with van der Waals surface area (Å²) < 4.78 is 11.4. The highest BCUT2D eigenvalue weighted by molar-refractivity contribution is 5.69. The molecule has 0 atom stereocenters. The van der Waals surface area contributed by atoms with E-state index in [1.54, 1.807) is 0 Å². The van der Waals surface area contributed by atoms with Crippen LogP contribution in [0.1, 0.15) is 207 Å². The van der Waals surface area contributed by atoms with Crippen LogP contribution in [0.25, 0.3) is 0 Å². The first-order valence-corrected chi connectivity index (χ1v) is 19.6. The van der Waals surface area contributed by atoms with Crippen molar-refractivity contribution in [3.8, 4) is 0 Å². The van der Waals surface area contributed by atoms with E-state index in [0.29, 0.717) is 19.4 Å². The van der Waals surface area contributed by atoms with Crippen LogP contribution in [0.2, 0.25) is 0 Å². The third-order valence-corrected chi connectivity index (χ3v) is 8.98. The zero-order valence-electron chi connectivity index (χ0n) is 30.3.